The first-order valence-corrected chi connectivity index (χ1v) is 10.8. The van der Waals surface area contributed by atoms with Crippen LogP contribution in [0.15, 0.2) is 36.5 Å². The Bertz CT molecular complexity index is 474. The molecule has 3 aliphatic rings. The van der Waals surface area contributed by atoms with Gasteiger partial charge in [0.15, 0.2) is 6.29 Å². The second kappa shape index (κ2) is 9.90. The molecule has 0 amide bonds. The number of rotatable bonds is 7. The van der Waals surface area contributed by atoms with E-state index in [1.807, 2.05) is 0 Å². The van der Waals surface area contributed by atoms with Gasteiger partial charge in [0, 0.05) is 5.92 Å². The molecule has 0 radical (unpaired) electrons. The van der Waals surface area contributed by atoms with Gasteiger partial charge in [-0.15, -0.1) is 0 Å². The van der Waals surface area contributed by atoms with Gasteiger partial charge in [0.25, 0.3) is 0 Å². The highest BCUT2D eigenvalue weighted by Gasteiger charge is 2.31. The summed E-state index contributed by atoms with van der Waals surface area (Å²) in [7, 11) is 0. The zero-order valence-corrected chi connectivity index (χ0v) is 17.0. The summed E-state index contributed by atoms with van der Waals surface area (Å²) in [5.41, 5.74) is 0. The molecule has 0 bridgehead atoms. The number of allylic oxidation sites excluding steroid dienone is 6. The zero-order valence-electron chi connectivity index (χ0n) is 17.0. The van der Waals surface area contributed by atoms with Crippen LogP contribution in [0, 0.1) is 35.5 Å². The third-order valence-corrected chi connectivity index (χ3v) is 6.95. The first-order chi connectivity index (χ1) is 12.6. The van der Waals surface area contributed by atoms with Gasteiger partial charge >= 0.3 is 0 Å². The van der Waals surface area contributed by atoms with Crippen molar-refractivity contribution in [3.63, 3.8) is 0 Å². The highest BCUT2D eigenvalue weighted by atomic mass is 16.7. The molecule has 146 valence electrons. The van der Waals surface area contributed by atoms with Gasteiger partial charge in [-0.05, 0) is 68.1 Å². The minimum atomic E-state index is -0.0498. The molecule has 3 aliphatic carbocycles. The Morgan fingerprint density at radius 3 is 1.50 bits per heavy atom. The largest absolute Gasteiger partial charge is 0.352 e. The van der Waals surface area contributed by atoms with E-state index in [2.05, 4.69) is 57.2 Å². The Labute approximate surface area is 160 Å². The molecule has 0 saturated carbocycles. The highest BCUT2D eigenvalue weighted by Crippen LogP contribution is 2.33. The number of hydrogen-bond donors (Lipinski definition) is 0. The molecule has 0 spiro atoms. The molecule has 2 nitrogen and oxygen atoms in total. The number of ether oxygens (including phenoxy) is 2. The topological polar surface area (TPSA) is 18.5 Å². The predicted octanol–water partition coefficient (Wildman–Crippen LogP) is 6.15. The zero-order chi connectivity index (χ0) is 18.4. The molecule has 26 heavy (non-hydrogen) atoms. The van der Waals surface area contributed by atoms with Crippen molar-refractivity contribution < 1.29 is 9.47 Å². The maximum Gasteiger partial charge on any atom is 0.160 e. The molecule has 0 fully saturated rings. The lowest BCUT2D eigenvalue weighted by Crippen LogP contribution is -2.36. The van der Waals surface area contributed by atoms with Crippen LogP contribution >= 0.6 is 0 Å². The second-order valence-corrected chi connectivity index (χ2v) is 8.98. The van der Waals surface area contributed by atoms with E-state index in [0.717, 1.165) is 38.9 Å². The molecule has 0 aromatic heterocycles. The van der Waals surface area contributed by atoms with Crippen LogP contribution < -0.4 is 0 Å². The first kappa shape index (κ1) is 19.9. The summed E-state index contributed by atoms with van der Waals surface area (Å²) < 4.78 is 13.0. The van der Waals surface area contributed by atoms with E-state index >= 15 is 0 Å². The van der Waals surface area contributed by atoms with E-state index in [1.54, 1.807) is 0 Å². The Morgan fingerprint density at radius 1 is 0.615 bits per heavy atom. The van der Waals surface area contributed by atoms with Crippen LogP contribution in [0.1, 0.15) is 59.3 Å². The fourth-order valence-corrected chi connectivity index (χ4v) is 4.56. The van der Waals surface area contributed by atoms with Crippen molar-refractivity contribution >= 4 is 0 Å². The van der Waals surface area contributed by atoms with Gasteiger partial charge < -0.3 is 9.47 Å². The van der Waals surface area contributed by atoms with Crippen LogP contribution in [-0.4, -0.2) is 19.5 Å². The van der Waals surface area contributed by atoms with Gasteiger partial charge in [-0.3, -0.25) is 0 Å². The normalized spacial score (nSPS) is 38.4. The summed E-state index contributed by atoms with van der Waals surface area (Å²) in [6.45, 7) is 8.74. The molecular weight excluding hydrogens is 320 g/mol. The van der Waals surface area contributed by atoms with Gasteiger partial charge in [-0.1, -0.05) is 57.2 Å². The third kappa shape index (κ3) is 5.33. The fraction of sp³-hybridized carbons (Fsp3) is 0.750. The Balaban J connectivity index is 1.58. The van der Waals surface area contributed by atoms with Crippen LogP contribution in [0.25, 0.3) is 0 Å². The van der Waals surface area contributed by atoms with Crippen molar-refractivity contribution in [1.29, 1.82) is 0 Å². The van der Waals surface area contributed by atoms with Crippen molar-refractivity contribution in [2.75, 3.05) is 13.2 Å². The standard InChI is InChI=1S/C24H38O2/c1-18-10-4-7-13-21(18)16-25-24(23-15-9-6-12-20(23)3)26-17-22-14-8-5-11-19(22)2/h4-9,18-24H,10-17H2,1-3H3/t18-,19+,20-,21-,22+,23-,24?/m0/s1. The van der Waals surface area contributed by atoms with Gasteiger partial charge in [0.05, 0.1) is 13.2 Å². The average molecular weight is 359 g/mol. The Hall–Kier alpha value is -0.860. The van der Waals surface area contributed by atoms with Gasteiger partial charge in [0.2, 0.25) is 0 Å². The molecule has 1 unspecified atom stereocenters. The summed E-state index contributed by atoms with van der Waals surface area (Å²) in [4.78, 5) is 0. The summed E-state index contributed by atoms with van der Waals surface area (Å²) in [6, 6.07) is 0. The molecular formula is C24H38O2. The third-order valence-electron chi connectivity index (χ3n) is 6.95. The van der Waals surface area contributed by atoms with Gasteiger partial charge in [0.1, 0.15) is 0 Å². The minimum absolute atomic E-state index is 0.0498. The van der Waals surface area contributed by atoms with Crippen molar-refractivity contribution in [1.82, 2.24) is 0 Å². The van der Waals surface area contributed by atoms with Crippen LogP contribution in [-0.2, 0) is 9.47 Å². The Kier molecular flexibility index (Phi) is 7.57. The quantitative estimate of drug-likeness (QED) is 0.401. The smallest absolute Gasteiger partial charge is 0.160 e. The molecule has 0 aromatic rings. The SMILES string of the molecule is C[C@@H]1CC=CC[C@@H]1COC(OC[C@@H]1CC=CC[C@@H]1C)[C@H]1CC=CC[C@@H]1C. The molecule has 0 aromatic carbocycles. The lowest BCUT2D eigenvalue weighted by atomic mass is 9.83. The van der Waals surface area contributed by atoms with Crippen molar-refractivity contribution in [3.8, 4) is 0 Å². The van der Waals surface area contributed by atoms with Crippen LogP contribution in [0.3, 0.4) is 0 Å². The van der Waals surface area contributed by atoms with E-state index < -0.39 is 0 Å². The van der Waals surface area contributed by atoms with E-state index in [1.165, 1.54) is 12.8 Å². The minimum Gasteiger partial charge on any atom is -0.352 e. The molecule has 2 heteroatoms. The molecule has 7 atom stereocenters. The van der Waals surface area contributed by atoms with Gasteiger partial charge in [-0.2, -0.15) is 0 Å². The number of hydrogen-bond acceptors (Lipinski definition) is 2. The van der Waals surface area contributed by atoms with E-state index in [0.29, 0.717) is 35.5 Å². The molecule has 0 aliphatic heterocycles. The summed E-state index contributed by atoms with van der Waals surface area (Å²) in [5.74, 6) is 3.83. The molecule has 0 N–H and O–H groups in total. The van der Waals surface area contributed by atoms with E-state index in [-0.39, 0.29) is 6.29 Å². The van der Waals surface area contributed by atoms with E-state index in [4.69, 9.17) is 9.47 Å². The predicted molar refractivity (Wildman–Crippen MR) is 109 cm³/mol. The van der Waals surface area contributed by atoms with Crippen LogP contribution in [0.2, 0.25) is 0 Å². The fourth-order valence-electron chi connectivity index (χ4n) is 4.56. The maximum atomic E-state index is 6.48. The van der Waals surface area contributed by atoms with Crippen LogP contribution in [0.5, 0.6) is 0 Å². The second-order valence-electron chi connectivity index (χ2n) is 8.98. The van der Waals surface area contributed by atoms with E-state index in [9.17, 15) is 0 Å². The Morgan fingerprint density at radius 2 is 1.04 bits per heavy atom. The molecule has 0 saturated heterocycles. The average Bonchev–Trinajstić information content (AvgIpc) is 2.65. The summed E-state index contributed by atoms with van der Waals surface area (Å²) >= 11 is 0. The molecule has 3 rings (SSSR count). The monoisotopic (exact) mass is 358 g/mol. The summed E-state index contributed by atoms with van der Waals surface area (Å²) in [6.07, 6.45) is 20.8. The summed E-state index contributed by atoms with van der Waals surface area (Å²) in [5, 5.41) is 0. The highest BCUT2D eigenvalue weighted by molar-refractivity contribution is 4.96. The molecule has 0 heterocycles. The van der Waals surface area contributed by atoms with Gasteiger partial charge in [-0.25, -0.2) is 0 Å². The maximum absolute atomic E-state index is 6.48. The van der Waals surface area contributed by atoms with Crippen molar-refractivity contribution in [2.24, 2.45) is 35.5 Å². The van der Waals surface area contributed by atoms with Crippen molar-refractivity contribution in [3.05, 3.63) is 36.5 Å². The van der Waals surface area contributed by atoms with Crippen LogP contribution in [0.4, 0.5) is 0 Å². The van der Waals surface area contributed by atoms with Crippen molar-refractivity contribution in [2.45, 2.75) is 65.6 Å². The lowest BCUT2D eigenvalue weighted by molar-refractivity contribution is -0.197. The first-order valence-electron chi connectivity index (χ1n) is 10.8. The lowest BCUT2D eigenvalue weighted by Gasteiger charge is -2.36.